The van der Waals surface area contributed by atoms with E-state index in [4.69, 9.17) is 4.74 Å². The van der Waals surface area contributed by atoms with E-state index in [0.29, 0.717) is 24.5 Å². The molecule has 1 aliphatic heterocycles. The monoisotopic (exact) mass is 367 g/mol. The maximum atomic E-state index is 12.1. The Morgan fingerprint density at radius 3 is 2.52 bits per heavy atom. The molecule has 1 fully saturated rings. The molecular weight excluding hydrogens is 346 g/mol. The maximum absolute atomic E-state index is 12.1. The molecule has 1 aromatic heterocycles. The van der Waals surface area contributed by atoms with Crippen LogP contribution in [0.5, 0.6) is 0 Å². The summed E-state index contributed by atoms with van der Waals surface area (Å²) in [5.74, 6) is 0.224. The molecule has 7 nitrogen and oxygen atoms in total. The van der Waals surface area contributed by atoms with Crippen LogP contribution in [0.15, 0.2) is 48.7 Å². The van der Waals surface area contributed by atoms with Crippen LogP contribution in [0.25, 0.3) is 6.08 Å². The summed E-state index contributed by atoms with van der Waals surface area (Å²) >= 11 is 0. The molecule has 0 radical (unpaired) electrons. The number of hydrogen-bond acceptors (Lipinski definition) is 6. The van der Waals surface area contributed by atoms with E-state index >= 15 is 0 Å². The van der Waals surface area contributed by atoms with Crippen LogP contribution in [0.3, 0.4) is 0 Å². The predicted octanol–water partition coefficient (Wildman–Crippen LogP) is 2.36. The van der Waals surface area contributed by atoms with Crippen molar-refractivity contribution in [3.63, 3.8) is 0 Å². The third-order valence-electron chi connectivity index (χ3n) is 4.11. The lowest BCUT2D eigenvalue weighted by molar-refractivity contribution is -0.111. The molecule has 3 rings (SSSR count). The number of benzene rings is 1. The lowest BCUT2D eigenvalue weighted by atomic mass is 10.1. The second-order valence-electron chi connectivity index (χ2n) is 5.94. The summed E-state index contributed by atoms with van der Waals surface area (Å²) in [6, 6.07) is 10.5. The number of esters is 1. The van der Waals surface area contributed by atoms with E-state index in [0.717, 1.165) is 24.5 Å². The molecule has 1 aliphatic rings. The van der Waals surface area contributed by atoms with Crippen LogP contribution in [0.4, 0.5) is 11.5 Å². The van der Waals surface area contributed by atoms with Gasteiger partial charge in [0, 0.05) is 19.2 Å². The van der Waals surface area contributed by atoms with Crippen molar-refractivity contribution in [2.75, 3.05) is 43.6 Å². The summed E-state index contributed by atoms with van der Waals surface area (Å²) in [7, 11) is 1.34. The van der Waals surface area contributed by atoms with E-state index in [9.17, 15) is 9.59 Å². The number of carbonyl (C=O) groups excluding carboxylic acids is 2. The normalized spacial score (nSPS) is 14.2. The Morgan fingerprint density at radius 1 is 1.15 bits per heavy atom. The standard InChI is InChI=1S/C20H21N3O4/c1-26-20(25)16-5-2-15(3-6-16)4-9-19(24)22-17-7-8-18(21-14-17)23-10-12-27-13-11-23/h2-9,14H,10-13H2,1H3,(H,22,24). The summed E-state index contributed by atoms with van der Waals surface area (Å²) in [6.07, 6.45) is 4.75. The van der Waals surface area contributed by atoms with Crippen LogP contribution in [0.1, 0.15) is 15.9 Å². The summed E-state index contributed by atoms with van der Waals surface area (Å²) in [4.78, 5) is 30.0. The Morgan fingerprint density at radius 2 is 1.89 bits per heavy atom. The van der Waals surface area contributed by atoms with Gasteiger partial charge >= 0.3 is 5.97 Å². The Kier molecular flexibility index (Phi) is 6.17. The van der Waals surface area contributed by atoms with Gasteiger partial charge < -0.3 is 19.7 Å². The molecule has 0 spiro atoms. The first-order valence-corrected chi connectivity index (χ1v) is 8.62. The van der Waals surface area contributed by atoms with Crippen molar-refractivity contribution in [3.8, 4) is 0 Å². The number of ether oxygens (including phenoxy) is 2. The number of nitrogens with one attached hydrogen (secondary N) is 1. The van der Waals surface area contributed by atoms with E-state index in [2.05, 4.69) is 19.9 Å². The van der Waals surface area contributed by atoms with Gasteiger partial charge in [-0.05, 0) is 35.9 Å². The molecule has 1 N–H and O–H groups in total. The number of pyridine rings is 1. The number of carbonyl (C=O) groups is 2. The van der Waals surface area contributed by atoms with Crippen molar-refractivity contribution < 1.29 is 19.1 Å². The second kappa shape index (κ2) is 8.95. The van der Waals surface area contributed by atoms with Crippen molar-refractivity contribution in [1.29, 1.82) is 0 Å². The Labute approximate surface area is 157 Å². The topological polar surface area (TPSA) is 80.8 Å². The van der Waals surface area contributed by atoms with Crippen LogP contribution in [-0.4, -0.2) is 50.3 Å². The van der Waals surface area contributed by atoms with Crippen LogP contribution in [0.2, 0.25) is 0 Å². The van der Waals surface area contributed by atoms with Gasteiger partial charge in [0.2, 0.25) is 5.91 Å². The molecule has 1 aromatic carbocycles. The molecule has 0 bridgehead atoms. The molecule has 1 amide bonds. The van der Waals surface area contributed by atoms with Crippen molar-refractivity contribution >= 4 is 29.5 Å². The predicted molar refractivity (Wildman–Crippen MR) is 103 cm³/mol. The van der Waals surface area contributed by atoms with Gasteiger partial charge in [0.1, 0.15) is 5.82 Å². The first-order valence-electron chi connectivity index (χ1n) is 8.62. The Bertz CT molecular complexity index is 810. The zero-order chi connectivity index (χ0) is 19.1. The SMILES string of the molecule is COC(=O)c1ccc(C=CC(=O)Nc2ccc(N3CCOCC3)nc2)cc1. The minimum Gasteiger partial charge on any atom is -0.465 e. The van der Waals surface area contributed by atoms with E-state index in [1.807, 2.05) is 12.1 Å². The molecule has 27 heavy (non-hydrogen) atoms. The minimum atomic E-state index is -0.392. The van der Waals surface area contributed by atoms with Gasteiger partial charge in [-0.3, -0.25) is 4.79 Å². The number of nitrogens with zero attached hydrogens (tertiary/aromatic N) is 2. The number of hydrogen-bond donors (Lipinski definition) is 1. The fourth-order valence-corrected chi connectivity index (χ4v) is 2.64. The number of amides is 1. The summed E-state index contributed by atoms with van der Waals surface area (Å²) in [6.45, 7) is 3.03. The highest BCUT2D eigenvalue weighted by Crippen LogP contribution is 2.15. The summed E-state index contributed by atoms with van der Waals surface area (Å²) < 4.78 is 9.98. The van der Waals surface area contributed by atoms with Crippen LogP contribution >= 0.6 is 0 Å². The first-order chi connectivity index (χ1) is 13.2. The number of methoxy groups -OCH3 is 1. The zero-order valence-corrected chi connectivity index (χ0v) is 15.1. The third-order valence-corrected chi connectivity index (χ3v) is 4.11. The van der Waals surface area contributed by atoms with E-state index < -0.39 is 5.97 Å². The number of rotatable bonds is 5. The molecular formula is C20H21N3O4. The van der Waals surface area contributed by atoms with Crippen LogP contribution in [0, 0.1) is 0 Å². The smallest absolute Gasteiger partial charge is 0.337 e. The van der Waals surface area contributed by atoms with Crippen molar-refractivity contribution in [1.82, 2.24) is 4.98 Å². The summed E-state index contributed by atoms with van der Waals surface area (Å²) in [5.41, 5.74) is 1.90. The molecule has 2 heterocycles. The maximum Gasteiger partial charge on any atom is 0.337 e. The quantitative estimate of drug-likeness (QED) is 0.645. The van der Waals surface area contributed by atoms with E-state index in [1.54, 1.807) is 36.5 Å². The lowest BCUT2D eigenvalue weighted by Gasteiger charge is -2.27. The highest BCUT2D eigenvalue weighted by molar-refractivity contribution is 6.02. The number of morpholine rings is 1. The van der Waals surface area contributed by atoms with Gasteiger partial charge in [-0.2, -0.15) is 0 Å². The van der Waals surface area contributed by atoms with Crippen LogP contribution < -0.4 is 10.2 Å². The lowest BCUT2D eigenvalue weighted by Crippen LogP contribution is -2.36. The van der Waals surface area contributed by atoms with E-state index in [1.165, 1.54) is 13.2 Å². The molecule has 7 heteroatoms. The van der Waals surface area contributed by atoms with Gasteiger partial charge in [-0.25, -0.2) is 9.78 Å². The Hall–Kier alpha value is -3.19. The van der Waals surface area contributed by atoms with Crippen molar-refractivity contribution in [3.05, 3.63) is 59.8 Å². The average Bonchev–Trinajstić information content (AvgIpc) is 2.73. The first kappa shape index (κ1) is 18.6. The van der Waals surface area contributed by atoms with Gasteiger partial charge in [0.15, 0.2) is 0 Å². The molecule has 0 unspecified atom stereocenters. The highest BCUT2D eigenvalue weighted by atomic mass is 16.5. The molecule has 140 valence electrons. The fourth-order valence-electron chi connectivity index (χ4n) is 2.64. The van der Waals surface area contributed by atoms with E-state index in [-0.39, 0.29) is 5.91 Å². The van der Waals surface area contributed by atoms with Crippen LogP contribution in [-0.2, 0) is 14.3 Å². The number of aromatic nitrogens is 1. The second-order valence-corrected chi connectivity index (χ2v) is 5.94. The largest absolute Gasteiger partial charge is 0.465 e. The molecule has 0 atom stereocenters. The fraction of sp³-hybridized carbons (Fsp3) is 0.250. The van der Waals surface area contributed by atoms with Gasteiger partial charge in [0.05, 0.1) is 37.8 Å². The Balaban J connectivity index is 1.55. The highest BCUT2D eigenvalue weighted by Gasteiger charge is 2.12. The molecule has 0 saturated carbocycles. The molecule has 1 saturated heterocycles. The molecule has 2 aromatic rings. The molecule has 0 aliphatic carbocycles. The number of anilines is 2. The zero-order valence-electron chi connectivity index (χ0n) is 15.1. The van der Waals surface area contributed by atoms with Gasteiger partial charge in [-0.15, -0.1) is 0 Å². The minimum absolute atomic E-state index is 0.257. The summed E-state index contributed by atoms with van der Waals surface area (Å²) in [5, 5.41) is 2.78. The average molecular weight is 367 g/mol. The van der Waals surface area contributed by atoms with Crippen molar-refractivity contribution in [2.45, 2.75) is 0 Å². The van der Waals surface area contributed by atoms with Crippen molar-refractivity contribution in [2.24, 2.45) is 0 Å². The third kappa shape index (κ3) is 5.15. The van der Waals surface area contributed by atoms with Gasteiger partial charge in [-0.1, -0.05) is 12.1 Å². The van der Waals surface area contributed by atoms with Gasteiger partial charge in [0.25, 0.3) is 0 Å².